The lowest BCUT2D eigenvalue weighted by atomic mass is 10.1. The molecule has 24 heavy (non-hydrogen) atoms. The van der Waals surface area contributed by atoms with Crippen molar-refractivity contribution >= 4 is 39.8 Å². The predicted molar refractivity (Wildman–Crippen MR) is 92.5 cm³/mol. The summed E-state index contributed by atoms with van der Waals surface area (Å²) >= 11 is 1.35. The number of nitrogens with zero attached hydrogens (tertiary/aromatic N) is 3. The molecule has 0 aromatic heterocycles. The van der Waals surface area contributed by atoms with Crippen LogP contribution in [0.4, 0.5) is 0 Å². The summed E-state index contributed by atoms with van der Waals surface area (Å²) in [6, 6.07) is 5.37. The minimum atomic E-state index is -0.427. The summed E-state index contributed by atoms with van der Waals surface area (Å²) in [6.07, 6.45) is 3.39. The van der Waals surface area contributed by atoms with Gasteiger partial charge in [-0.25, -0.2) is 0 Å². The molecule has 0 saturated heterocycles. The molecule has 0 atom stereocenters. The number of amidine groups is 2. The fraction of sp³-hybridized carbons (Fsp3) is 0.250. The van der Waals surface area contributed by atoms with Gasteiger partial charge in [-0.05, 0) is 48.4 Å². The minimum absolute atomic E-state index is 0.0428. The van der Waals surface area contributed by atoms with Crippen molar-refractivity contribution in [1.29, 1.82) is 5.41 Å². The van der Waals surface area contributed by atoms with Crippen LogP contribution in [-0.4, -0.2) is 33.8 Å². The number of hydrogen-bond donors (Lipinski definition) is 1. The standard InChI is InChI=1S/C16H14N4O3S/c1-2-3-13-19-20-14(17)10(15(21)18-16(20)24-13)6-9-4-5-11-12(7-9)23-8-22-11/h4-7,17H,2-3,8H2,1H3/b10-6-,17-14?. The number of hydrogen-bond acceptors (Lipinski definition) is 6. The van der Waals surface area contributed by atoms with E-state index in [0.717, 1.165) is 23.4 Å². The number of fused-ring (bicyclic) bond motifs is 2. The van der Waals surface area contributed by atoms with Crippen LogP contribution in [0.5, 0.6) is 11.5 Å². The van der Waals surface area contributed by atoms with Gasteiger partial charge < -0.3 is 9.47 Å². The second-order valence-corrected chi connectivity index (χ2v) is 6.42. The lowest BCUT2D eigenvalue weighted by Crippen LogP contribution is -2.35. The zero-order valence-corrected chi connectivity index (χ0v) is 13.7. The van der Waals surface area contributed by atoms with Gasteiger partial charge in [-0.2, -0.15) is 15.1 Å². The third kappa shape index (κ3) is 2.48. The fourth-order valence-electron chi connectivity index (χ4n) is 2.52. The Morgan fingerprint density at radius 3 is 3.04 bits per heavy atom. The number of rotatable bonds is 3. The van der Waals surface area contributed by atoms with Crippen LogP contribution < -0.4 is 9.47 Å². The maximum absolute atomic E-state index is 12.3. The van der Waals surface area contributed by atoms with E-state index >= 15 is 0 Å². The monoisotopic (exact) mass is 342 g/mol. The van der Waals surface area contributed by atoms with Gasteiger partial charge in [0.05, 0.1) is 5.57 Å². The summed E-state index contributed by atoms with van der Waals surface area (Å²) in [5, 5.41) is 15.4. The third-order valence-corrected chi connectivity index (χ3v) is 4.64. The highest BCUT2D eigenvalue weighted by Crippen LogP contribution is 2.34. The molecule has 3 aliphatic rings. The van der Waals surface area contributed by atoms with E-state index in [1.807, 2.05) is 6.07 Å². The zero-order chi connectivity index (χ0) is 16.7. The van der Waals surface area contributed by atoms with Crippen LogP contribution in [0.1, 0.15) is 25.3 Å². The van der Waals surface area contributed by atoms with Crippen molar-refractivity contribution in [1.82, 2.24) is 5.01 Å². The number of carbonyl (C=O) groups is 1. The summed E-state index contributed by atoms with van der Waals surface area (Å²) in [4.78, 5) is 16.4. The Hall–Kier alpha value is -2.61. The molecule has 0 radical (unpaired) electrons. The molecule has 0 unspecified atom stereocenters. The van der Waals surface area contributed by atoms with Crippen molar-refractivity contribution in [3.05, 3.63) is 29.3 Å². The number of ether oxygens (including phenoxy) is 2. The van der Waals surface area contributed by atoms with Crippen molar-refractivity contribution in [2.45, 2.75) is 19.8 Å². The molecule has 0 aliphatic carbocycles. The normalized spacial score (nSPS) is 20.4. The van der Waals surface area contributed by atoms with Gasteiger partial charge in [0.1, 0.15) is 5.04 Å². The molecule has 0 saturated carbocycles. The highest BCUT2D eigenvalue weighted by molar-refractivity contribution is 8.26. The molecule has 1 N–H and O–H groups in total. The Balaban J connectivity index is 1.67. The molecule has 1 aromatic rings. The van der Waals surface area contributed by atoms with Gasteiger partial charge in [-0.15, -0.1) is 0 Å². The first-order chi connectivity index (χ1) is 11.7. The predicted octanol–water partition coefficient (Wildman–Crippen LogP) is 2.83. The van der Waals surface area contributed by atoms with Crippen molar-refractivity contribution < 1.29 is 14.3 Å². The van der Waals surface area contributed by atoms with Crippen LogP contribution >= 0.6 is 11.8 Å². The maximum Gasteiger partial charge on any atom is 0.283 e. The number of nitrogens with one attached hydrogen (secondary N) is 1. The molecular weight excluding hydrogens is 328 g/mol. The van der Waals surface area contributed by atoms with Gasteiger partial charge in [-0.1, -0.05) is 13.0 Å². The minimum Gasteiger partial charge on any atom is -0.454 e. The highest BCUT2D eigenvalue weighted by atomic mass is 32.2. The van der Waals surface area contributed by atoms with Crippen LogP contribution in [0.25, 0.3) is 6.08 Å². The summed E-state index contributed by atoms with van der Waals surface area (Å²) in [5.74, 6) is 0.918. The average molecular weight is 342 g/mol. The van der Waals surface area contributed by atoms with E-state index in [0.29, 0.717) is 16.7 Å². The Morgan fingerprint density at radius 2 is 2.21 bits per heavy atom. The molecule has 3 heterocycles. The van der Waals surface area contributed by atoms with Gasteiger partial charge in [0, 0.05) is 0 Å². The second kappa shape index (κ2) is 5.79. The van der Waals surface area contributed by atoms with Crippen molar-refractivity contribution in [3.8, 4) is 11.5 Å². The topological polar surface area (TPSA) is 87.3 Å². The first-order valence-corrected chi connectivity index (χ1v) is 8.36. The Bertz CT molecular complexity index is 844. The molecule has 8 heteroatoms. The summed E-state index contributed by atoms with van der Waals surface area (Å²) in [5.41, 5.74) is 0.954. The molecular formula is C16H14N4O3S. The Kier molecular flexibility index (Phi) is 3.61. The van der Waals surface area contributed by atoms with Crippen molar-refractivity contribution in [2.24, 2.45) is 10.1 Å². The van der Waals surface area contributed by atoms with Gasteiger partial charge >= 0.3 is 0 Å². The van der Waals surface area contributed by atoms with Crippen LogP contribution in [0, 0.1) is 5.41 Å². The largest absolute Gasteiger partial charge is 0.454 e. The number of carbonyl (C=O) groups excluding carboxylic acids is 1. The molecule has 1 aromatic carbocycles. The molecule has 0 bridgehead atoms. The third-order valence-electron chi connectivity index (χ3n) is 3.67. The highest BCUT2D eigenvalue weighted by Gasteiger charge is 2.35. The second-order valence-electron chi connectivity index (χ2n) is 5.38. The van der Waals surface area contributed by atoms with E-state index in [1.54, 1.807) is 18.2 Å². The lowest BCUT2D eigenvalue weighted by Gasteiger charge is -2.20. The number of amides is 1. The van der Waals surface area contributed by atoms with Crippen molar-refractivity contribution in [2.75, 3.05) is 6.79 Å². The van der Waals surface area contributed by atoms with Gasteiger partial charge in [0.25, 0.3) is 5.91 Å². The van der Waals surface area contributed by atoms with Crippen LogP contribution in [0.2, 0.25) is 0 Å². The SMILES string of the molecule is CCCC1=NN2C(=N)/C(=C/c3ccc4c(c3)OCO4)C(=O)N=C2S1. The van der Waals surface area contributed by atoms with E-state index in [9.17, 15) is 4.79 Å². The van der Waals surface area contributed by atoms with Gasteiger partial charge in [0.2, 0.25) is 12.0 Å². The molecule has 122 valence electrons. The lowest BCUT2D eigenvalue weighted by molar-refractivity contribution is -0.114. The quantitative estimate of drug-likeness (QED) is 0.854. The molecule has 0 spiro atoms. The van der Waals surface area contributed by atoms with E-state index < -0.39 is 5.91 Å². The molecule has 3 aliphatic heterocycles. The molecule has 4 rings (SSSR count). The van der Waals surface area contributed by atoms with Crippen molar-refractivity contribution in [3.63, 3.8) is 0 Å². The summed E-state index contributed by atoms with van der Waals surface area (Å²) in [7, 11) is 0. The van der Waals surface area contributed by atoms with Crippen LogP contribution in [0.3, 0.4) is 0 Å². The number of thioether (sulfide) groups is 1. The summed E-state index contributed by atoms with van der Waals surface area (Å²) in [6.45, 7) is 2.25. The Labute approximate surface area is 142 Å². The van der Waals surface area contributed by atoms with Crippen LogP contribution in [-0.2, 0) is 4.79 Å². The number of aliphatic imine (C=N–C) groups is 1. The van der Waals surface area contributed by atoms with Gasteiger partial charge in [-0.3, -0.25) is 10.2 Å². The Morgan fingerprint density at radius 1 is 1.38 bits per heavy atom. The number of benzene rings is 1. The number of hydrazone groups is 1. The fourth-order valence-corrected chi connectivity index (χ4v) is 3.50. The first kappa shape index (κ1) is 14.9. The first-order valence-electron chi connectivity index (χ1n) is 7.54. The molecule has 0 fully saturated rings. The van der Waals surface area contributed by atoms with E-state index in [1.165, 1.54) is 16.8 Å². The van der Waals surface area contributed by atoms with E-state index in [-0.39, 0.29) is 18.2 Å². The zero-order valence-electron chi connectivity index (χ0n) is 12.9. The molecule has 7 nitrogen and oxygen atoms in total. The molecule has 1 amide bonds. The average Bonchev–Trinajstić information content (AvgIpc) is 3.18. The van der Waals surface area contributed by atoms with E-state index in [4.69, 9.17) is 14.9 Å². The summed E-state index contributed by atoms with van der Waals surface area (Å²) < 4.78 is 10.6. The smallest absolute Gasteiger partial charge is 0.283 e. The van der Waals surface area contributed by atoms with Gasteiger partial charge in [0.15, 0.2) is 17.3 Å². The maximum atomic E-state index is 12.3. The van der Waals surface area contributed by atoms with E-state index in [2.05, 4.69) is 17.0 Å². The van der Waals surface area contributed by atoms with Crippen LogP contribution in [0.15, 0.2) is 33.9 Å².